The minimum Gasteiger partial charge on any atom is -0.439 e. The molecule has 2 aromatic rings. The molecule has 0 saturated carbocycles. The predicted molar refractivity (Wildman–Crippen MR) is 63.2 cm³/mol. The zero-order chi connectivity index (χ0) is 11.1. The molecule has 0 amide bonds. The van der Waals surface area contributed by atoms with Gasteiger partial charge in [0.1, 0.15) is 5.52 Å². The number of rotatable bonds is 1. The Hall–Kier alpha value is -0.910. The van der Waals surface area contributed by atoms with Crippen LogP contribution in [0.5, 0.6) is 0 Å². The van der Waals surface area contributed by atoms with E-state index in [2.05, 4.69) is 20.9 Å². The maximum absolute atomic E-state index is 5.93. The van der Waals surface area contributed by atoms with Gasteiger partial charge in [-0.05, 0) is 28.1 Å². The molecule has 1 saturated heterocycles. The van der Waals surface area contributed by atoms with E-state index < -0.39 is 0 Å². The Labute approximate surface area is 101 Å². The van der Waals surface area contributed by atoms with Crippen LogP contribution in [0.1, 0.15) is 11.8 Å². The number of oxazole rings is 1. The second-order valence-electron chi connectivity index (χ2n) is 3.95. The van der Waals surface area contributed by atoms with Crippen LogP contribution in [0.4, 0.5) is 0 Å². The van der Waals surface area contributed by atoms with E-state index in [0.29, 0.717) is 19.1 Å². The third-order valence-corrected chi connectivity index (χ3v) is 3.45. The van der Waals surface area contributed by atoms with E-state index >= 15 is 0 Å². The number of nitrogens with zero attached hydrogens (tertiary/aromatic N) is 1. The van der Waals surface area contributed by atoms with E-state index in [-0.39, 0.29) is 12.0 Å². The number of ether oxygens (including phenoxy) is 1. The molecule has 2 heterocycles. The number of benzene rings is 1. The van der Waals surface area contributed by atoms with Gasteiger partial charge in [0.2, 0.25) is 5.89 Å². The van der Waals surface area contributed by atoms with E-state index in [9.17, 15) is 0 Å². The van der Waals surface area contributed by atoms with Crippen LogP contribution < -0.4 is 5.73 Å². The van der Waals surface area contributed by atoms with Gasteiger partial charge in [-0.2, -0.15) is 0 Å². The molecule has 0 radical (unpaired) electrons. The van der Waals surface area contributed by atoms with Crippen molar-refractivity contribution in [1.82, 2.24) is 4.98 Å². The fourth-order valence-electron chi connectivity index (χ4n) is 1.92. The highest BCUT2D eigenvalue weighted by atomic mass is 79.9. The van der Waals surface area contributed by atoms with Gasteiger partial charge in [-0.1, -0.05) is 6.07 Å². The van der Waals surface area contributed by atoms with Crippen molar-refractivity contribution in [2.75, 3.05) is 13.2 Å². The van der Waals surface area contributed by atoms with Gasteiger partial charge >= 0.3 is 0 Å². The molecule has 1 aromatic carbocycles. The molecule has 3 rings (SSSR count). The molecule has 0 aliphatic carbocycles. The summed E-state index contributed by atoms with van der Waals surface area (Å²) in [5.41, 5.74) is 7.56. The fourth-order valence-corrected chi connectivity index (χ4v) is 2.35. The van der Waals surface area contributed by atoms with Crippen LogP contribution in [0.25, 0.3) is 11.1 Å². The Kier molecular flexibility index (Phi) is 2.46. The van der Waals surface area contributed by atoms with Gasteiger partial charge in [-0.25, -0.2) is 4.98 Å². The molecular formula is C11H11BrN2O2. The van der Waals surface area contributed by atoms with Gasteiger partial charge < -0.3 is 14.9 Å². The summed E-state index contributed by atoms with van der Waals surface area (Å²) in [7, 11) is 0. The highest BCUT2D eigenvalue weighted by molar-refractivity contribution is 9.10. The van der Waals surface area contributed by atoms with Crippen LogP contribution in [0.3, 0.4) is 0 Å². The summed E-state index contributed by atoms with van der Waals surface area (Å²) in [5.74, 6) is 0.742. The molecule has 84 valence electrons. The number of hydrogen-bond acceptors (Lipinski definition) is 4. The maximum atomic E-state index is 5.93. The fraction of sp³-hybridized carbons (Fsp3) is 0.364. The van der Waals surface area contributed by atoms with E-state index in [1.54, 1.807) is 0 Å². The first kappa shape index (κ1) is 10.3. The summed E-state index contributed by atoms with van der Waals surface area (Å²) in [6, 6.07) is 5.77. The average Bonchev–Trinajstić information content (AvgIpc) is 2.84. The van der Waals surface area contributed by atoms with Gasteiger partial charge in [-0.15, -0.1) is 0 Å². The topological polar surface area (TPSA) is 61.3 Å². The van der Waals surface area contributed by atoms with E-state index in [1.807, 2.05) is 18.2 Å². The van der Waals surface area contributed by atoms with Crippen LogP contribution in [0, 0.1) is 0 Å². The second-order valence-corrected chi connectivity index (χ2v) is 4.80. The monoisotopic (exact) mass is 282 g/mol. The first-order valence-corrected chi connectivity index (χ1v) is 5.93. The molecule has 0 bridgehead atoms. The molecule has 16 heavy (non-hydrogen) atoms. The maximum Gasteiger partial charge on any atom is 0.202 e. The normalized spacial score (nSPS) is 25.4. The molecular weight excluding hydrogens is 272 g/mol. The Morgan fingerprint density at radius 2 is 2.25 bits per heavy atom. The number of hydrogen-bond donors (Lipinski definition) is 1. The molecule has 0 spiro atoms. The predicted octanol–water partition coefficient (Wildman–Crippen LogP) is 2.03. The second kappa shape index (κ2) is 3.84. The first-order chi connectivity index (χ1) is 7.75. The molecule has 5 heteroatoms. The van der Waals surface area contributed by atoms with Crippen LogP contribution >= 0.6 is 15.9 Å². The molecule has 1 aliphatic rings. The Morgan fingerprint density at radius 1 is 1.38 bits per heavy atom. The van der Waals surface area contributed by atoms with Crippen molar-refractivity contribution >= 4 is 27.0 Å². The molecule has 1 aliphatic heterocycles. The lowest BCUT2D eigenvalue weighted by Crippen LogP contribution is -2.26. The SMILES string of the molecule is NC1COCC1c1nc2cccc(Br)c2o1. The molecule has 2 unspecified atom stereocenters. The van der Waals surface area contributed by atoms with Crippen molar-refractivity contribution in [2.45, 2.75) is 12.0 Å². The summed E-state index contributed by atoms with van der Waals surface area (Å²) in [6.45, 7) is 1.16. The molecule has 2 N–H and O–H groups in total. The van der Waals surface area contributed by atoms with Gasteiger partial charge in [0, 0.05) is 6.04 Å². The smallest absolute Gasteiger partial charge is 0.202 e. The quantitative estimate of drug-likeness (QED) is 0.870. The van der Waals surface area contributed by atoms with Gasteiger partial charge in [-0.3, -0.25) is 0 Å². The summed E-state index contributed by atoms with van der Waals surface area (Å²) in [5, 5.41) is 0. The van der Waals surface area contributed by atoms with E-state index in [1.165, 1.54) is 0 Å². The number of halogens is 1. The lowest BCUT2D eigenvalue weighted by Gasteiger charge is -2.07. The average molecular weight is 283 g/mol. The summed E-state index contributed by atoms with van der Waals surface area (Å²) >= 11 is 3.44. The van der Waals surface area contributed by atoms with E-state index in [0.717, 1.165) is 15.6 Å². The van der Waals surface area contributed by atoms with Crippen molar-refractivity contribution in [3.05, 3.63) is 28.6 Å². The third kappa shape index (κ3) is 1.55. The van der Waals surface area contributed by atoms with Crippen molar-refractivity contribution in [3.63, 3.8) is 0 Å². The minimum atomic E-state index is -0.0214. The van der Waals surface area contributed by atoms with Crippen LogP contribution in [-0.4, -0.2) is 24.2 Å². The Balaban J connectivity index is 2.08. The van der Waals surface area contributed by atoms with Crippen LogP contribution in [0.15, 0.2) is 27.1 Å². The lowest BCUT2D eigenvalue weighted by molar-refractivity contribution is 0.188. The standard InChI is InChI=1S/C11H11BrN2O2/c12-7-2-1-3-9-10(7)16-11(14-9)6-4-15-5-8(6)13/h1-3,6,8H,4-5,13H2. The summed E-state index contributed by atoms with van der Waals surface area (Å²) in [4.78, 5) is 4.45. The first-order valence-electron chi connectivity index (χ1n) is 5.14. The minimum absolute atomic E-state index is 0.0214. The van der Waals surface area contributed by atoms with Crippen molar-refractivity contribution < 1.29 is 9.15 Å². The number of para-hydroxylation sites is 1. The Morgan fingerprint density at radius 3 is 2.94 bits per heavy atom. The summed E-state index contributed by atoms with van der Waals surface area (Å²) < 4.78 is 12.0. The van der Waals surface area contributed by atoms with Gasteiger partial charge in [0.15, 0.2) is 5.58 Å². The van der Waals surface area contributed by atoms with Crippen LogP contribution in [0.2, 0.25) is 0 Å². The van der Waals surface area contributed by atoms with Crippen molar-refractivity contribution in [2.24, 2.45) is 5.73 Å². The Bertz CT molecular complexity index is 526. The van der Waals surface area contributed by atoms with Crippen LogP contribution in [-0.2, 0) is 4.74 Å². The zero-order valence-electron chi connectivity index (χ0n) is 8.52. The highest BCUT2D eigenvalue weighted by Crippen LogP contribution is 2.30. The van der Waals surface area contributed by atoms with Crippen molar-refractivity contribution in [1.29, 1.82) is 0 Å². The van der Waals surface area contributed by atoms with E-state index in [4.69, 9.17) is 14.9 Å². The largest absolute Gasteiger partial charge is 0.439 e. The van der Waals surface area contributed by atoms with Gasteiger partial charge in [0.05, 0.1) is 23.6 Å². The number of nitrogens with two attached hydrogens (primary N) is 1. The number of aromatic nitrogens is 1. The molecule has 1 fully saturated rings. The highest BCUT2D eigenvalue weighted by Gasteiger charge is 2.30. The lowest BCUT2D eigenvalue weighted by atomic mass is 10.1. The third-order valence-electron chi connectivity index (χ3n) is 2.83. The van der Waals surface area contributed by atoms with Gasteiger partial charge in [0.25, 0.3) is 0 Å². The summed E-state index contributed by atoms with van der Waals surface area (Å²) in [6.07, 6.45) is 0. The molecule has 2 atom stereocenters. The molecule has 1 aromatic heterocycles. The molecule has 4 nitrogen and oxygen atoms in total. The van der Waals surface area contributed by atoms with Crippen molar-refractivity contribution in [3.8, 4) is 0 Å². The zero-order valence-corrected chi connectivity index (χ0v) is 10.1. The number of fused-ring (bicyclic) bond motifs is 1.